The first kappa shape index (κ1) is 17.0. The predicted octanol–water partition coefficient (Wildman–Crippen LogP) is 3.29. The number of amides is 1. The number of hydrogen-bond donors (Lipinski definition) is 2. The molecule has 3 rings (SSSR count). The highest BCUT2D eigenvalue weighted by Crippen LogP contribution is 2.31. The molecule has 1 saturated carbocycles. The molecule has 1 amide bonds. The van der Waals surface area contributed by atoms with Gasteiger partial charge in [-0.3, -0.25) is 4.79 Å². The molecule has 5 nitrogen and oxygen atoms in total. The van der Waals surface area contributed by atoms with Crippen molar-refractivity contribution in [3.05, 3.63) is 40.9 Å². The van der Waals surface area contributed by atoms with E-state index in [2.05, 4.69) is 10.3 Å². The molecule has 2 aromatic rings. The van der Waals surface area contributed by atoms with Crippen LogP contribution in [-0.4, -0.2) is 17.4 Å². The lowest BCUT2D eigenvalue weighted by Crippen LogP contribution is -2.34. The van der Waals surface area contributed by atoms with Crippen molar-refractivity contribution in [2.24, 2.45) is 17.6 Å². The monoisotopic (exact) mass is 347 g/mol. The number of carbonyl (C=O) groups is 1. The summed E-state index contributed by atoms with van der Waals surface area (Å²) < 4.78 is 5.81. The minimum Gasteiger partial charge on any atom is -0.438 e. The molecule has 0 radical (unpaired) electrons. The number of nitrogens with two attached hydrogens (primary N) is 1. The number of rotatable bonds is 5. The first-order chi connectivity index (χ1) is 11.6. The highest BCUT2D eigenvalue weighted by atomic mass is 35.5. The van der Waals surface area contributed by atoms with Crippen molar-refractivity contribution < 1.29 is 9.21 Å². The second-order valence-corrected chi connectivity index (χ2v) is 6.72. The van der Waals surface area contributed by atoms with Crippen LogP contribution in [0.15, 0.2) is 28.7 Å². The van der Waals surface area contributed by atoms with E-state index in [0.717, 1.165) is 30.5 Å². The first-order valence-corrected chi connectivity index (χ1v) is 8.66. The van der Waals surface area contributed by atoms with Gasteiger partial charge in [0.2, 0.25) is 11.8 Å². The third kappa shape index (κ3) is 3.62. The van der Waals surface area contributed by atoms with Crippen molar-refractivity contribution in [1.29, 1.82) is 0 Å². The predicted molar refractivity (Wildman–Crippen MR) is 93.4 cm³/mol. The second-order valence-electron chi connectivity index (χ2n) is 6.28. The lowest BCUT2D eigenvalue weighted by Gasteiger charge is -2.16. The van der Waals surface area contributed by atoms with Gasteiger partial charge in [0.15, 0.2) is 5.76 Å². The van der Waals surface area contributed by atoms with Gasteiger partial charge in [0.25, 0.3) is 0 Å². The number of aryl methyl sites for hydroxylation is 1. The molecule has 0 saturated heterocycles. The second kappa shape index (κ2) is 7.36. The van der Waals surface area contributed by atoms with Crippen LogP contribution in [-0.2, 0) is 11.3 Å². The third-order valence-corrected chi connectivity index (χ3v) is 4.91. The molecule has 2 atom stereocenters. The molecule has 1 aliphatic rings. The average Bonchev–Trinajstić information content (AvgIpc) is 3.20. The van der Waals surface area contributed by atoms with Crippen LogP contribution in [0.5, 0.6) is 0 Å². The average molecular weight is 348 g/mol. The van der Waals surface area contributed by atoms with Crippen molar-refractivity contribution in [3.63, 3.8) is 0 Å². The van der Waals surface area contributed by atoms with Crippen LogP contribution >= 0.6 is 11.6 Å². The Hall–Kier alpha value is -1.85. The number of aromatic nitrogens is 1. The standard InChI is InChI=1S/C18H22ClN3O2/c1-11-17(12-5-7-14(19)8-6-12)24-16(22-11)10-21-18(23)15-4-2-3-13(15)9-20/h5-8,13,15H,2-4,9-10,20H2,1H3,(H,21,23)/t13-,15-/m1/s1. The molecule has 1 aromatic carbocycles. The molecule has 3 N–H and O–H groups in total. The van der Waals surface area contributed by atoms with Gasteiger partial charge < -0.3 is 15.5 Å². The van der Waals surface area contributed by atoms with E-state index in [1.165, 1.54) is 0 Å². The summed E-state index contributed by atoms with van der Waals surface area (Å²) >= 11 is 5.91. The van der Waals surface area contributed by atoms with Gasteiger partial charge in [-0.15, -0.1) is 0 Å². The van der Waals surface area contributed by atoms with Crippen molar-refractivity contribution >= 4 is 17.5 Å². The summed E-state index contributed by atoms with van der Waals surface area (Å²) in [4.78, 5) is 16.7. The molecular weight excluding hydrogens is 326 g/mol. The van der Waals surface area contributed by atoms with Crippen LogP contribution in [0, 0.1) is 18.8 Å². The van der Waals surface area contributed by atoms with E-state index in [-0.39, 0.29) is 11.8 Å². The summed E-state index contributed by atoms with van der Waals surface area (Å²) in [5.41, 5.74) is 7.46. The highest BCUT2D eigenvalue weighted by molar-refractivity contribution is 6.30. The Bertz CT molecular complexity index is 712. The zero-order chi connectivity index (χ0) is 17.1. The van der Waals surface area contributed by atoms with Crippen LogP contribution in [0.3, 0.4) is 0 Å². The molecule has 24 heavy (non-hydrogen) atoms. The maximum atomic E-state index is 12.3. The Morgan fingerprint density at radius 2 is 2.12 bits per heavy atom. The van der Waals surface area contributed by atoms with E-state index < -0.39 is 0 Å². The maximum absolute atomic E-state index is 12.3. The molecule has 1 aliphatic carbocycles. The number of nitrogens with zero attached hydrogens (tertiary/aromatic N) is 1. The fourth-order valence-electron chi connectivity index (χ4n) is 3.35. The molecular formula is C18H22ClN3O2. The van der Waals surface area contributed by atoms with E-state index in [1.807, 2.05) is 31.2 Å². The van der Waals surface area contributed by atoms with Gasteiger partial charge in [-0.25, -0.2) is 4.98 Å². The number of halogens is 1. The lowest BCUT2D eigenvalue weighted by molar-refractivity contribution is -0.126. The molecule has 128 valence electrons. The quantitative estimate of drug-likeness (QED) is 0.869. The zero-order valence-corrected chi connectivity index (χ0v) is 14.5. The summed E-state index contributed by atoms with van der Waals surface area (Å²) in [6.45, 7) is 2.75. The smallest absolute Gasteiger partial charge is 0.223 e. The summed E-state index contributed by atoms with van der Waals surface area (Å²) in [5, 5.41) is 3.61. The SMILES string of the molecule is Cc1nc(CNC(=O)[C@@H]2CCC[C@@H]2CN)oc1-c1ccc(Cl)cc1. The molecule has 1 aromatic heterocycles. The fraction of sp³-hybridized carbons (Fsp3) is 0.444. The lowest BCUT2D eigenvalue weighted by atomic mass is 9.95. The summed E-state index contributed by atoms with van der Waals surface area (Å²) in [6.07, 6.45) is 3.01. The van der Waals surface area contributed by atoms with E-state index in [0.29, 0.717) is 35.7 Å². The molecule has 1 heterocycles. The molecule has 0 aliphatic heterocycles. The van der Waals surface area contributed by atoms with Gasteiger partial charge in [0.1, 0.15) is 0 Å². The van der Waals surface area contributed by atoms with E-state index in [1.54, 1.807) is 0 Å². The number of benzene rings is 1. The van der Waals surface area contributed by atoms with E-state index in [9.17, 15) is 4.79 Å². The first-order valence-electron chi connectivity index (χ1n) is 8.28. The van der Waals surface area contributed by atoms with Crippen LogP contribution in [0.25, 0.3) is 11.3 Å². The number of oxazole rings is 1. The summed E-state index contributed by atoms with van der Waals surface area (Å²) in [6, 6.07) is 7.41. The topological polar surface area (TPSA) is 81.2 Å². The van der Waals surface area contributed by atoms with Gasteiger partial charge in [-0.1, -0.05) is 18.0 Å². The fourth-order valence-corrected chi connectivity index (χ4v) is 3.48. The van der Waals surface area contributed by atoms with Crippen molar-refractivity contribution in [1.82, 2.24) is 10.3 Å². The van der Waals surface area contributed by atoms with Crippen molar-refractivity contribution in [2.75, 3.05) is 6.54 Å². The van der Waals surface area contributed by atoms with Crippen LogP contribution < -0.4 is 11.1 Å². The molecule has 1 fully saturated rings. The Kier molecular flexibility index (Phi) is 5.21. The zero-order valence-electron chi connectivity index (χ0n) is 13.7. The van der Waals surface area contributed by atoms with E-state index in [4.69, 9.17) is 21.8 Å². The van der Waals surface area contributed by atoms with Crippen LogP contribution in [0.1, 0.15) is 30.8 Å². The largest absolute Gasteiger partial charge is 0.438 e. The Morgan fingerprint density at radius 1 is 1.38 bits per heavy atom. The van der Waals surface area contributed by atoms with Crippen LogP contribution in [0.2, 0.25) is 5.02 Å². The van der Waals surface area contributed by atoms with Crippen molar-refractivity contribution in [3.8, 4) is 11.3 Å². The Labute approximate surface area is 146 Å². The number of carbonyl (C=O) groups excluding carboxylic acids is 1. The van der Waals surface area contributed by atoms with Gasteiger partial charge in [0.05, 0.1) is 12.2 Å². The Morgan fingerprint density at radius 3 is 2.83 bits per heavy atom. The van der Waals surface area contributed by atoms with Gasteiger partial charge in [0, 0.05) is 16.5 Å². The summed E-state index contributed by atoms with van der Waals surface area (Å²) in [7, 11) is 0. The normalized spacial score (nSPS) is 20.3. The molecule has 0 bridgehead atoms. The van der Waals surface area contributed by atoms with Gasteiger partial charge in [-0.05, 0) is 56.5 Å². The van der Waals surface area contributed by atoms with E-state index >= 15 is 0 Å². The van der Waals surface area contributed by atoms with Crippen LogP contribution in [0.4, 0.5) is 0 Å². The summed E-state index contributed by atoms with van der Waals surface area (Å²) in [5.74, 6) is 1.57. The molecule has 6 heteroatoms. The third-order valence-electron chi connectivity index (χ3n) is 4.66. The van der Waals surface area contributed by atoms with Gasteiger partial charge >= 0.3 is 0 Å². The molecule has 0 unspecified atom stereocenters. The van der Waals surface area contributed by atoms with Gasteiger partial charge in [-0.2, -0.15) is 0 Å². The number of nitrogens with one attached hydrogen (secondary N) is 1. The maximum Gasteiger partial charge on any atom is 0.223 e. The van der Waals surface area contributed by atoms with Crippen molar-refractivity contribution in [2.45, 2.75) is 32.7 Å². The Balaban J connectivity index is 1.65. The minimum atomic E-state index is 0.0156. The minimum absolute atomic E-state index is 0.0156. The number of hydrogen-bond acceptors (Lipinski definition) is 4. The molecule has 0 spiro atoms. The highest BCUT2D eigenvalue weighted by Gasteiger charge is 2.31.